The van der Waals surface area contributed by atoms with E-state index in [9.17, 15) is 13.2 Å². The molecule has 1 N–H and O–H groups in total. The Balaban J connectivity index is 2.00. The summed E-state index contributed by atoms with van der Waals surface area (Å²) in [6, 6.07) is 7.50. The number of piperidine rings is 1. The molecule has 21 heavy (non-hydrogen) atoms. The molecule has 6 heteroatoms. The molecule has 1 aromatic carbocycles. The van der Waals surface area contributed by atoms with Crippen LogP contribution in [0.15, 0.2) is 24.3 Å². The molecule has 1 fully saturated rings. The zero-order chi connectivity index (χ0) is 15.5. The van der Waals surface area contributed by atoms with E-state index in [1.54, 1.807) is 24.3 Å². The Morgan fingerprint density at radius 3 is 2.71 bits per heavy atom. The van der Waals surface area contributed by atoms with Crippen molar-refractivity contribution in [3.63, 3.8) is 0 Å². The Morgan fingerprint density at radius 1 is 1.33 bits per heavy atom. The number of likely N-dealkylation sites (tertiary alicyclic amines) is 1. The SMILES string of the molecule is C[C@H]1C[C@H](Nc2ccccc2OCC(F)(F)F)CCN1C. The number of halogens is 3. The molecule has 3 nitrogen and oxygen atoms in total. The van der Waals surface area contributed by atoms with Crippen molar-refractivity contribution in [1.82, 2.24) is 4.90 Å². The summed E-state index contributed by atoms with van der Waals surface area (Å²) in [7, 11) is 2.08. The predicted octanol–water partition coefficient (Wildman–Crippen LogP) is 3.52. The van der Waals surface area contributed by atoms with Gasteiger partial charge in [-0.1, -0.05) is 12.1 Å². The minimum atomic E-state index is -4.32. The highest BCUT2D eigenvalue weighted by molar-refractivity contribution is 5.56. The molecule has 0 aliphatic carbocycles. The minimum absolute atomic E-state index is 0.251. The lowest BCUT2D eigenvalue weighted by Gasteiger charge is -2.36. The highest BCUT2D eigenvalue weighted by Crippen LogP contribution is 2.29. The van der Waals surface area contributed by atoms with Crippen LogP contribution in [0.25, 0.3) is 0 Å². The summed E-state index contributed by atoms with van der Waals surface area (Å²) in [5, 5.41) is 3.32. The third kappa shape index (κ3) is 4.81. The van der Waals surface area contributed by atoms with E-state index < -0.39 is 12.8 Å². The third-order valence-electron chi connectivity index (χ3n) is 3.85. The Bertz CT molecular complexity index is 464. The van der Waals surface area contributed by atoms with E-state index in [1.165, 1.54) is 0 Å². The molecule has 1 saturated heterocycles. The van der Waals surface area contributed by atoms with Crippen molar-refractivity contribution in [3.8, 4) is 5.75 Å². The smallest absolute Gasteiger partial charge is 0.422 e. The largest absolute Gasteiger partial charge is 0.482 e. The second-order valence-electron chi connectivity index (χ2n) is 5.60. The number of nitrogens with one attached hydrogen (secondary N) is 1. The van der Waals surface area contributed by atoms with Crippen molar-refractivity contribution < 1.29 is 17.9 Å². The fraction of sp³-hybridized carbons (Fsp3) is 0.600. The van der Waals surface area contributed by atoms with Gasteiger partial charge in [0.15, 0.2) is 6.61 Å². The van der Waals surface area contributed by atoms with Gasteiger partial charge >= 0.3 is 6.18 Å². The predicted molar refractivity (Wildman–Crippen MR) is 76.7 cm³/mol. The maximum absolute atomic E-state index is 12.3. The van der Waals surface area contributed by atoms with Crippen molar-refractivity contribution in [1.29, 1.82) is 0 Å². The molecule has 1 heterocycles. The van der Waals surface area contributed by atoms with Crippen LogP contribution < -0.4 is 10.1 Å². The zero-order valence-corrected chi connectivity index (χ0v) is 12.3. The summed E-state index contributed by atoms with van der Waals surface area (Å²) >= 11 is 0. The molecular formula is C15H21F3N2O. The number of nitrogens with zero attached hydrogens (tertiary/aromatic N) is 1. The molecule has 0 aromatic heterocycles. The molecule has 1 aliphatic rings. The first kappa shape index (κ1) is 15.9. The molecule has 0 amide bonds. The fourth-order valence-corrected chi connectivity index (χ4v) is 2.51. The van der Waals surface area contributed by atoms with Crippen LogP contribution >= 0.6 is 0 Å². The van der Waals surface area contributed by atoms with E-state index in [0.717, 1.165) is 19.4 Å². The van der Waals surface area contributed by atoms with Gasteiger partial charge in [-0.05, 0) is 38.9 Å². The Morgan fingerprint density at radius 2 is 2.05 bits per heavy atom. The number of benzene rings is 1. The number of ether oxygens (including phenoxy) is 1. The van der Waals surface area contributed by atoms with E-state index in [1.807, 2.05) is 0 Å². The van der Waals surface area contributed by atoms with Crippen molar-refractivity contribution in [2.75, 3.05) is 25.5 Å². The molecule has 0 bridgehead atoms. The number of rotatable bonds is 4. The second kappa shape index (κ2) is 6.56. The second-order valence-corrected chi connectivity index (χ2v) is 5.60. The number of anilines is 1. The van der Waals surface area contributed by atoms with Crippen LogP contribution in [0.3, 0.4) is 0 Å². The van der Waals surface area contributed by atoms with Gasteiger partial charge in [0.05, 0.1) is 5.69 Å². The van der Waals surface area contributed by atoms with Gasteiger partial charge in [0.25, 0.3) is 0 Å². The van der Waals surface area contributed by atoms with Crippen molar-refractivity contribution >= 4 is 5.69 Å². The Hall–Kier alpha value is -1.43. The third-order valence-corrected chi connectivity index (χ3v) is 3.85. The summed E-state index contributed by atoms with van der Waals surface area (Å²) in [4.78, 5) is 2.28. The summed E-state index contributed by atoms with van der Waals surface area (Å²) in [5.74, 6) is 0.251. The molecule has 1 aliphatic heterocycles. The van der Waals surface area contributed by atoms with Gasteiger partial charge in [0.2, 0.25) is 0 Å². The molecule has 2 rings (SSSR count). The van der Waals surface area contributed by atoms with Crippen LogP contribution in [-0.4, -0.2) is 43.4 Å². The first-order valence-electron chi connectivity index (χ1n) is 7.10. The number of para-hydroxylation sites is 2. The lowest BCUT2D eigenvalue weighted by atomic mass is 9.98. The number of hydrogen-bond donors (Lipinski definition) is 1. The van der Waals surface area contributed by atoms with Crippen molar-refractivity contribution in [3.05, 3.63) is 24.3 Å². The molecule has 2 atom stereocenters. The van der Waals surface area contributed by atoms with Crippen LogP contribution in [-0.2, 0) is 0 Å². The van der Waals surface area contributed by atoms with Crippen LogP contribution in [0.4, 0.5) is 18.9 Å². The average molecular weight is 302 g/mol. The highest BCUT2D eigenvalue weighted by atomic mass is 19.4. The fourth-order valence-electron chi connectivity index (χ4n) is 2.51. The average Bonchev–Trinajstić information content (AvgIpc) is 2.41. The van der Waals surface area contributed by atoms with E-state index >= 15 is 0 Å². The summed E-state index contributed by atoms with van der Waals surface area (Å²) < 4.78 is 41.7. The lowest BCUT2D eigenvalue weighted by Crippen LogP contribution is -2.42. The van der Waals surface area contributed by atoms with Crippen molar-refractivity contribution in [2.45, 2.75) is 38.0 Å². The van der Waals surface area contributed by atoms with E-state index in [-0.39, 0.29) is 11.8 Å². The molecule has 0 radical (unpaired) electrons. The monoisotopic (exact) mass is 302 g/mol. The van der Waals surface area contributed by atoms with Gasteiger partial charge in [0.1, 0.15) is 5.75 Å². The van der Waals surface area contributed by atoms with Gasteiger partial charge in [-0.15, -0.1) is 0 Å². The molecule has 0 unspecified atom stereocenters. The standard InChI is InChI=1S/C15H21F3N2O/c1-11-9-12(7-8-20(11)2)19-13-5-3-4-6-14(13)21-10-15(16,17)18/h3-6,11-12,19H,7-10H2,1-2H3/t11-,12+/m0/s1. The van der Waals surface area contributed by atoms with Crippen LogP contribution in [0.2, 0.25) is 0 Å². The molecular weight excluding hydrogens is 281 g/mol. The summed E-state index contributed by atoms with van der Waals surface area (Å²) in [5.41, 5.74) is 0.628. The van der Waals surface area contributed by atoms with Gasteiger partial charge in [-0.25, -0.2) is 0 Å². The minimum Gasteiger partial charge on any atom is -0.482 e. The molecule has 0 saturated carbocycles. The number of hydrogen-bond acceptors (Lipinski definition) is 3. The van der Waals surface area contributed by atoms with E-state index in [4.69, 9.17) is 4.74 Å². The lowest BCUT2D eigenvalue weighted by molar-refractivity contribution is -0.153. The van der Waals surface area contributed by atoms with Gasteiger partial charge < -0.3 is 15.0 Å². The molecule has 1 aromatic rings. The van der Waals surface area contributed by atoms with E-state index in [0.29, 0.717) is 11.7 Å². The van der Waals surface area contributed by atoms with Crippen LogP contribution in [0, 0.1) is 0 Å². The Labute approximate surface area is 123 Å². The molecule has 0 spiro atoms. The van der Waals surface area contributed by atoms with Gasteiger partial charge in [0, 0.05) is 18.6 Å². The summed E-state index contributed by atoms with van der Waals surface area (Å²) in [6.07, 6.45) is -2.40. The first-order valence-corrected chi connectivity index (χ1v) is 7.10. The van der Waals surface area contributed by atoms with E-state index in [2.05, 4.69) is 24.2 Å². The highest BCUT2D eigenvalue weighted by Gasteiger charge is 2.29. The Kier molecular flexibility index (Phi) is 4.98. The summed E-state index contributed by atoms with van der Waals surface area (Å²) in [6.45, 7) is 1.86. The maximum atomic E-state index is 12.3. The maximum Gasteiger partial charge on any atom is 0.422 e. The van der Waals surface area contributed by atoms with Crippen LogP contribution in [0.5, 0.6) is 5.75 Å². The zero-order valence-electron chi connectivity index (χ0n) is 12.3. The molecule has 118 valence electrons. The van der Waals surface area contributed by atoms with Crippen LogP contribution in [0.1, 0.15) is 19.8 Å². The van der Waals surface area contributed by atoms with Crippen molar-refractivity contribution in [2.24, 2.45) is 0 Å². The van der Waals surface area contributed by atoms with Gasteiger partial charge in [-0.2, -0.15) is 13.2 Å². The first-order chi connectivity index (χ1) is 9.85. The quantitative estimate of drug-likeness (QED) is 0.921. The number of alkyl halides is 3. The topological polar surface area (TPSA) is 24.5 Å². The normalized spacial score (nSPS) is 23.9. The van der Waals surface area contributed by atoms with Gasteiger partial charge in [-0.3, -0.25) is 0 Å².